The lowest BCUT2D eigenvalue weighted by Crippen LogP contribution is -1.91. The molecule has 1 N–H and O–H groups in total. The van der Waals surface area contributed by atoms with Crippen LogP contribution >= 0.6 is 0 Å². The minimum Gasteiger partial charge on any atom is -0.513 e. The summed E-state index contributed by atoms with van der Waals surface area (Å²) in [5.74, 6) is -0.585. The zero-order valence-electron chi connectivity index (χ0n) is 8.02. The Morgan fingerprint density at radius 3 is 2.87 bits per heavy atom. The standard InChI is InChI=1S/C12H10FNO/c13-10(8-15)7-11-6-5-9-3-1-2-4-12(9)14-11/h1-6,8,15H,7H2/b10-8-. The molecule has 0 saturated heterocycles. The monoisotopic (exact) mass is 203 g/mol. The highest BCUT2D eigenvalue weighted by Crippen LogP contribution is 2.14. The molecule has 1 heterocycles. The Bertz CT molecular complexity index is 508. The van der Waals surface area contributed by atoms with E-state index in [0.717, 1.165) is 10.9 Å². The van der Waals surface area contributed by atoms with E-state index in [-0.39, 0.29) is 6.42 Å². The Morgan fingerprint density at radius 2 is 2.07 bits per heavy atom. The highest BCUT2D eigenvalue weighted by molar-refractivity contribution is 5.78. The first-order chi connectivity index (χ1) is 7.29. The molecule has 2 rings (SSSR count). The Hall–Kier alpha value is -1.90. The molecule has 0 unspecified atom stereocenters. The fourth-order valence-electron chi connectivity index (χ4n) is 1.43. The van der Waals surface area contributed by atoms with E-state index in [2.05, 4.69) is 4.98 Å². The Balaban J connectivity index is 2.39. The van der Waals surface area contributed by atoms with E-state index in [9.17, 15) is 4.39 Å². The summed E-state index contributed by atoms with van der Waals surface area (Å²) in [7, 11) is 0. The van der Waals surface area contributed by atoms with E-state index < -0.39 is 5.83 Å². The van der Waals surface area contributed by atoms with Crippen molar-refractivity contribution in [2.24, 2.45) is 0 Å². The lowest BCUT2D eigenvalue weighted by atomic mass is 10.2. The third-order valence-electron chi connectivity index (χ3n) is 2.15. The predicted octanol–water partition coefficient (Wildman–Crippen LogP) is 3.15. The molecule has 0 aliphatic rings. The normalized spacial score (nSPS) is 11.9. The molecule has 76 valence electrons. The van der Waals surface area contributed by atoms with E-state index in [1.807, 2.05) is 30.3 Å². The maximum Gasteiger partial charge on any atom is 0.140 e. The van der Waals surface area contributed by atoms with Crippen molar-refractivity contribution >= 4 is 10.9 Å². The summed E-state index contributed by atoms with van der Waals surface area (Å²) in [5.41, 5.74) is 1.44. The van der Waals surface area contributed by atoms with E-state index in [4.69, 9.17) is 5.11 Å². The second-order valence-electron chi connectivity index (χ2n) is 3.25. The predicted molar refractivity (Wildman–Crippen MR) is 57.3 cm³/mol. The van der Waals surface area contributed by atoms with Crippen LogP contribution in [0.25, 0.3) is 10.9 Å². The quantitative estimate of drug-likeness (QED) is 0.760. The highest BCUT2D eigenvalue weighted by Gasteiger charge is 2.01. The third-order valence-corrected chi connectivity index (χ3v) is 2.15. The fourth-order valence-corrected chi connectivity index (χ4v) is 1.43. The minimum atomic E-state index is -0.585. The van der Waals surface area contributed by atoms with Crippen molar-refractivity contribution in [2.75, 3.05) is 0 Å². The number of aliphatic hydroxyl groups is 1. The molecule has 0 bridgehead atoms. The lowest BCUT2D eigenvalue weighted by Gasteiger charge is -2.00. The highest BCUT2D eigenvalue weighted by atomic mass is 19.1. The molecule has 3 heteroatoms. The summed E-state index contributed by atoms with van der Waals surface area (Å²) in [4.78, 5) is 4.27. The summed E-state index contributed by atoms with van der Waals surface area (Å²) < 4.78 is 12.8. The zero-order chi connectivity index (χ0) is 10.7. The average molecular weight is 203 g/mol. The molecule has 0 aliphatic heterocycles. The molecule has 2 nitrogen and oxygen atoms in total. The van der Waals surface area contributed by atoms with Gasteiger partial charge in [0.25, 0.3) is 0 Å². The molecule has 15 heavy (non-hydrogen) atoms. The zero-order valence-corrected chi connectivity index (χ0v) is 8.02. The maximum absolute atomic E-state index is 12.8. The van der Waals surface area contributed by atoms with Crippen LogP contribution in [0.3, 0.4) is 0 Å². The van der Waals surface area contributed by atoms with Gasteiger partial charge in [0, 0.05) is 17.5 Å². The second kappa shape index (κ2) is 4.09. The number of allylic oxidation sites excluding steroid dienone is 1. The number of benzene rings is 1. The summed E-state index contributed by atoms with van der Waals surface area (Å²) >= 11 is 0. The van der Waals surface area contributed by atoms with Gasteiger partial charge in [-0.05, 0) is 12.1 Å². The molecule has 0 amide bonds. The van der Waals surface area contributed by atoms with Crippen molar-refractivity contribution in [3.8, 4) is 0 Å². The molecule has 1 aromatic carbocycles. The molecule has 0 aliphatic carbocycles. The number of hydrogen-bond acceptors (Lipinski definition) is 2. The number of nitrogens with zero attached hydrogens (tertiary/aromatic N) is 1. The molecule has 1 aromatic heterocycles. The van der Waals surface area contributed by atoms with Gasteiger partial charge in [0.1, 0.15) is 12.1 Å². The van der Waals surface area contributed by atoms with Gasteiger partial charge in [0.05, 0.1) is 5.52 Å². The minimum absolute atomic E-state index is 0.0291. The Kier molecular flexibility index (Phi) is 2.63. The number of rotatable bonds is 2. The van der Waals surface area contributed by atoms with Crippen LogP contribution in [0.2, 0.25) is 0 Å². The van der Waals surface area contributed by atoms with E-state index >= 15 is 0 Å². The summed E-state index contributed by atoms with van der Waals surface area (Å²) in [6, 6.07) is 11.3. The van der Waals surface area contributed by atoms with Gasteiger partial charge < -0.3 is 5.11 Å². The van der Waals surface area contributed by atoms with Gasteiger partial charge in [-0.2, -0.15) is 0 Å². The van der Waals surface area contributed by atoms with Crippen LogP contribution in [0.4, 0.5) is 4.39 Å². The molecular formula is C12H10FNO. The van der Waals surface area contributed by atoms with E-state index in [0.29, 0.717) is 12.0 Å². The van der Waals surface area contributed by atoms with Crippen LogP contribution in [0.15, 0.2) is 48.5 Å². The number of halogens is 1. The van der Waals surface area contributed by atoms with Crippen LogP contribution in [-0.4, -0.2) is 10.1 Å². The summed E-state index contributed by atoms with van der Waals surface area (Å²) in [6.07, 6.45) is 0.498. The SMILES string of the molecule is O/C=C(\F)Cc1ccc2ccccc2n1. The smallest absolute Gasteiger partial charge is 0.140 e. The molecule has 0 radical (unpaired) electrons. The Labute approximate surface area is 86.7 Å². The van der Waals surface area contributed by atoms with E-state index in [1.54, 1.807) is 6.07 Å². The van der Waals surface area contributed by atoms with Crippen molar-refractivity contribution in [2.45, 2.75) is 6.42 Å². The van der Waals surface area contributed by atoms with Crippen LogP contribution < -0.4 is 0 Å². The molecule has 0 atom stereocenters. The maximum atomic E-state index is 12.8. The molecular weight excluding hydrogens is 193 g/mol. The molecule has 0 saturated carbocycles. The van der Waals surface area contributed by atoms with Crippen LogP contribution in [0.5, 0.6) is 0 Å². The van der Waals surface area contributed by atoms with Gasteiger partial charge in [-0.25, -0.2) is 4.39 Å². The van der Waals surface area contributed by atoms with Crippen LogP contribution in [0, 0.1) is 0 Å². The lowest BCUT2D eigenvalue weighted by molar-refractivity contribution is 0.435. The van der Waals surface area contributed by atoms with Crippen molar-refractivity contribution in [3.63, 3.8) is 0 Å². The Morgan fingerprint density at radius 1 is 1.27 bits per heavy atom. The number of para-hydroxylation sites is 1. The fraction of sp³-hybridized carbons (Fsp3) is 0.0833. The third kappa shape index (κ3) is 2.13. The van der Waals surface area contributed by atoms with Crippen molar-refractivity contribution < 1.29 is 9.50 Å². The number of aromatic nitrogens is 1. The number of aliphatic hydroxyl groups excluding tert-OH is 1. The van der Waals surface area contributed by atoms with Crippen molar-refractivity contribution in [1.29, 1.82) is 0 Å². The number of fused-ring (bicyclic) bond motifs is 1. The van der Waals surface area contributed by atoms with Gasteiger partial charge in [-0.1, -0.05) is 24.3 Å². The number of hydrogen-bond donors (Lipinski definition) is 1. The molecule has 0 spiro atoms. The summed E-state index contributed by atoms with van der Waals surface area (Å²) in [5, 5.41) is 9.47. The number of pyridine rings is 1. The first kappa shape index (κ1) is 9.65. The van der Waals surface area contributed by atoms with Gasteiger partial charge in [0.2, 0.25) is 0 Å². The first-order valence-electron chi connectivity index (χ1n) is 4.63. The van der Waals surface area contributed by atoms with Gasteiger partial charge >= 0.3 is 0 Å². The summed E-state index contributed by atoms with van der Waals surface area (Å²) in [6.45, 7) is 0. The van der Waals surface area contributed by atoms with Gasteiger partial charge in [0.15, 0.2) is 0 Å². The van der Waals surface area contributed by atoms with Gasteiger partial charge in [-0.15, -0.1) is 0 Å². The second-order valence-corrected chi connectivity index (χ2v) is 3.25. The van der Waals surface area contributed by atoms with Gasteiger partial charge in [-0.3, -0.25) is 4.98 Å². The first-order valence-corrected chi connectivity index (χ1v) is 4.63. The van der Waals surface area contributed by atoms with Crippen molar-refractivity contribution in [1.82, 2.24) is 4.98 Å². The molecule has 2 aromatic rings. The average Bonchev–Trinajstić information content (AvgIpc) is 2.29. The van der Waals surface area contributed by atoms with Crippen LogP contribution in [-0.2, 0) is 6.42 Å². The molecule has 0 fully saturated rings. The van der Waals surface area contributed by atoms with Crippen LogP contribution in [0.1, 0.15) is 5.69 Å². The van der Waals surface area contributed by atoms with E-state index in [1.165, 1.54) is 0 Å². The largest absolute Gasteiger partial charge is 0.513 e. The van der Waals surface area contributed by atoms with Crippen molar-refractivity contribution in [3.05, 3.63) is 54.2 Å². The topological polar surface area (TPSA) is 33.1 Å².